The van der Waals surface area contributed by atoms with E-state index in [9.17, 15) is 13.6 Å². The second-order valence-corrected chi connectivity index (χ2v) is 10.9. The van der Waals surface area contributed by atoms with Crippen molar-refractivity contribution in [3.05, 3.63) is 82.4 Å². The Hall–Kier alpha value is -2.87. The van der Waals surface area contributed by atoms with Crippen molar-refractivity contribution >= 4 is 16.7 Å². The number of rotatable bonds is 8. The van der Waals surface area contributed by atoms with Gasteiger partial charge in [0, 0.05) is 32.8 Å². The first-order valence-corrected chi connectivity index (χ1v) is 13.6. The number of nitrogens with one attached hydrogen (secondary N) is 1. The summed E-state index contributed by atoms with van der Waals surface area (Å²) >= 11 is 0. The van der Waals surface area contributed by atoms with Crippen LogP contribution >= 0.6 is 0 Å². The highest BCUT2D eigenvalue weighted by Crippen LogP contribution is 2.48. The van der Waals surface area contributed by atoms with E-state index in [1.165, 1.54) is 23.1 Å². The number of hydrogen-bond donors (Lipinski definition) is 1. The van der Waals surface area contributed by atoms with Crippen LogP contribution in [0.25, 0.3) is 10.8 Å². The maximum Gasteiger partial charge on any atom is 0.230 e. The normalized spacial score (nSPS) is 22.7. The van der Waals surface area contributed by atoms with Crippen molar-refractivity contribution in [3.63, 3.8) is 0 Å². The summed E-state index contributed by atoms with van der Waals surface area (Å²) in [5.41, 5.74) is 2.69. The molecule has 1 unspecified atom stereocenters. The topological polar surface area (TPSA) is 50.8 Å². The van der Waals surface area contributed by atoms with Crippen molar-refractivity contribution in [3.8, 4) is 0 Å². The minimum absolute atomic E-state index is 0.0196. The molecule has 1 N–H and O–H groups in total. The van der Waals surface area contributed by atoms with Gasteiger partial charge in [0.25, 0.3) is 0 Å². The molecule has 1 amide bonds. The van der Waals surface area contributed by atoms with Crippen LogP contribution in [0.15, 0.2) is 48.5 Å². The van der Waals surface area contributed by atoms with Crippen LogP contribution in [0.5, 0.6) is 0 Å². The van der Waals surface area contributed by atoms with E-state index in [4.69, 9.17) is 9.47 Å². The second-order valence-electron chi connectivity index (χ2n) is 10.9. The third-order valence-electron chi connectivity index (χ3n) is 8.40. The van der Waals surface area contributed by atoms with Gasteiger partial charge in [-0.1, -0.05) is 36.4 Å². The molecule has 2 heterocycles. The first kappa shape index (κ1) is 25.4. The molecule has 2 fully saturated rings. The van der Waals surface area contributed by atoms with Gasteiger partial charge in [0.15, 0.2) is 11.6 Å². The van der Waals surface area contributed by atoms with Crippen LogP contribution in [0.1, 0.15) is 47.9 Å². The largest absolute Gasteiger partial charge is 0.385 e. The lowest BCUT2D eigenvalue weighted by molar-refractivity contribution is -0.157. The average Bonchev–Trinajstić information content (AvgIpc) is 3.72. The monoisotopic (exact) mass is 520 g/mol. The Morgan fingerprint density at radius 1 is 1.16 bits per heavy atom. The Bertz CT molecular complexity index is 1360. The van der Waals surface area contributed by atoms with Gasteiger partial charge in [-0.2, -0.15) is 0 Å². The van der Waals surface area contributed by atoms with E-state index in [-0.39, 0.29) is 18.6 Å². The molecule has 3 aliphatic rings. The summed E-state index contributed by atoms with van der Waals surface area (Å²) in [6.07, 6.45) is 4.33. The molecule has 0 bridgehead atoms. The van der Waals surface area contributed by atoms with E-state index in [1.807, 2.05) is 17.0 Å². The summed E-state index contributed by atoms with van der Waals surface area (Å²) in [6, 6.07) is 15.5. The molecule has 2 atom stereocenters. The predicted molar refractivity (Wildman–Crippen MR) is 142 cm³/mol. The molecule has 3 aromatic carbocycles. The zero-order valence-corrected chi connectivity index (χ0v) is 21.8. The highest BCUT2D eigenvalue weighted by atomic mass is 19.2. The highest BCUT2D eigenvalue weighted by molar-refractivity contribution is 5.87. The van der Waals surface area contributed by atoms with Gasteiger partial charge in [0.05, 0.1) is 12.5 Å². The van der Waals surface area contributed by atoms with Gasteiger partial charge in [-0.3, -0.25) is 4.79 Å². The first-order chi connectivity index (χ1) is 18.5. The van der Waals surface area contributed by atoms with Gasteiger partial charge < -0.3 is 19.7 Å². The number of aryl methyl sites for hydroxylation is 1. The van der Waals surface area contributed by atoms with Crippen LogP contribution in [0.3, 0.4) is 0 Å². The fraction of sp³-hybridized carbons (Fsp3) is 0.452. The van der Waals surface area contributed by atoms with Gasteiger partial charge in [-0.05, 0) is 83.8 Å². The molecule has 3 aromatic rings. The second kappa shape index (κ2) is 10.4. The number of halogens is 2. The zero-order valence-electron chi connectivity index (χ0n) is 21.8. The minimum Gasteiger partial charge on any atom is -0.385 e. The van der Waals surface area contributed by atoms with Crippen molar-refractivity contribution in [2.45, 2.75) is 56.9 Å². The van der Waals surface area contributed by atoms with Crippen LogP contribution < -0.4 is 5.32 Å². The number of ether oxygens (including phenoxy) is 2. The zero-order chi connectivity index (χ0) is 26.3. The van der Waals surface area contributed by atoms with Gasteiger partial charge in [0.2, 0.25) is 5.91 Å². The van der Waals surface area contributed by atoms with Crippen molar-refractivity contribution in [2.24, 2.45) is 5.92 Å². The molecule has 0 radical (unpaired) electrons. The lowest BCUT2D eigenvalue weighted by Gasteiger charge is -2.43. The molecule has 38 heavy (non-hydrogen) atoms. The standard InChI is InChI=1S/C31H34F2N2O3/c1-37-12-4-5-20-13-21-6-2-3-7-25(21)22(14-20)18-35(24-8-9-24)30(36)27-17-34-11-10-31(27)26-16-29(33)28(32)15-23(26)19-38-31/h2-3,6-7,13-16,24,27,34H,4-5,8-12,17-19H2,1H3/t27-,31?/m1/s1. The molecule has 1 aliphatic carbocycles. The number of fused-ring (bicyclic) bond motifs is 3. The molecular weight excluding hydrogens is 486 g/mol. The fourth-order valence-electron chi connectivity index (χ4n) is 6.34. The highest BCUT2D eigenvalue weighted by Gasteiger charge is 2.53. The molecular formula is C31H34F2N2O3. The van der Waals surface area contributed by atoms with E-state index in [1.54, 1.807) is 7.11 Å². The van der Waals surface area contributed by atoms with Crippen LogP contribution in [-0.4, -0.2) is 43.7 Å². The average molecular weight is 521 g/mol. The summed E-state index contributed by atoms with van der Waals surface area (Å²) < 4.78 is 39.9. The molecule has 0 aromatic heterocycles. The quantitative estimate of drug-likeness (QED) is 0.414. The molecule has 7 heteroatoms. The summed E-state index contributed by atoms with van der Waals surface area (Å²) in [7, 11) is 1.72. The van der Waals surface area contributed by atoms with Gasteiger partial charge >= 0.3 is 0 Å². The number of piperidine rings is 1. The molecule has 1 saturated heterocycles. The van der Waals surface area contributed by atoms with Gasteiger partial charge in [-0.25, -0.2) is 8.78 Å². The molecule has 5 nitrogen and oxygen atoms in total. The van der Waals surface area contributed by atoms with Crippen LogP contribution in [-0.2, 0) is 39.4 Å². The molecule has 2 aliphatic heterocycles. The number of hydrogen-bond acceptors (Lipinski definition) is 4. The lowest BCUT2D eigenvalue weighted by atomic mass is 9.75. The van der Waals surface area contributed by atoms with Gasteiger partial charge in [0.1, 0.15) is 5.60 Å². The number of benzene rings is 3. The first-order valence-electron chi connectivity index (χ1n) is 13.6. The number of carbonyl (C=O) groups excluding carboxylic acids is 1. The molecule has 1 spiro atoms. The summed E-state index contributed by atoms with van der Waals surface area (Å²) in [4.78, 5) is 16.4. The predicted octanol–water partition coefficient (Wildman–Crippen LogP) is 5.22. The summed E-state index contributed by atoms with van der Waals surface area (Å²) in [5.74, 6) is -2.27. The number of nitrogens with zero attached hydrogens (tertiary/aromatic N) is 1. The SMILES string of the molecule is COCCCc1cc(CN(C(=O)[C@H]2CNCCC23OCc2cc(F)c(F)cc23)C2CC2)c2ccccc2c1. The number of carbonyl (C=O) groups is 1. The third-order valence-corrected chi connectivity index (χ3v) is 8.40. The molecule has 1 saturated carbocycles. The van der Waals surface area contributed by atoms with Gasteiger partial charge in [-0.15, -0.1) is 0 Å². The Kier molecular flexibility index (Phi) is 6.93. The van der Waals surface area contributed by atoms with E-state index in [0.717, 1.165) is 36.6 Å². The number of amides is 1. The van der Waals surface area contributed by atoms with Crippen LogP contribution in [0.4, 0.5) is 8.78 Å². The molecule has 200 valence electrons. The maximum atomic E-state index is 14.4. The smallest absolute Gasteiger partial charge is 0.230 e. The Labute approximate surface area is 222 Å². The third kappa shape index (κ3) is 4.61. The van der Waals surface area contributed by atoms with Crippen molar-refractivity contribution in [1.29, 1.82) is 0 Å². The summed E-state index contributed by atoms with van der Waals surface area (Å²) in [6.45, 7) is 2.50. The van der Waals surface area contributed by atoms with Crippen molar-refractivity contribution in [2.75, 3.05) is 26.8 Å². The van der Waals surface area contributed by atoms with Crippen molar-refractivity contribution in [1.82, 2.24) is 10.2 Å². The Balaban J connectivity index is 1.34. The van der Waals surface area contributed by atoms with E-state index >= 15 is 0 Å². The van der Waals surface area contributed by atoms with Crippen LogP contribution in [0, 0.1) is 17.6 Å². The number of methoxy groups -OCH3 is 1. The fourth-order valence-corrected chi connectivity index (χ4v) is 6.34. The Morgan fingerprint density at radius 3 is 2.79 bits per heavy atom. The van der Waals surface area contributed by atoms with E-state index in [0.29, 0.717) is 43.8 Å². The Morgan fingerprint density at radius 2 is 1.97 bits per heavy atom. The molecule has 6 rings (SSSR count). The van der Waals surface area contributed by atoms with E-state index < -0.39 is 23.2 Å². The minimum atomic E-state index is -0.941. The van der Waals surface area contributed by atoms with Crippen LogP contribution in [0.2, 0.25) is 0 Å². The van der Waals surface area contributed by atoms with Crippen molar-refractivity contribution < 1.29 is 23.0 Å². The van der Waals surface area contributed by atoms with E-state index in [2.05, 4.69) is 29.6 Å². The lowest BCUT2D eigenvalue weighted by Crippen LogP contribution is -2.55. The summed E-state index contributed by atoms with van der Waals surface area (Å²) in [5, 5.41) is 5.68. The maximum absolute atomic E-state index is 14.4.